The summed E-state index contributed by atoms with van der Waals surface area (Å²) in [4.78, 5) is 0. The van der Waals surface area contributed by atoms with E-state index in [0.29, 0.717) is 0 Å². The van der Waals surface area contributed by atoms with Gasteiger partial charge in [-0.25, -0.2) is 12.7 Å². The lowest BCUT2D eigenvalue weighted by atomic mass is 10.1. The molecular formula is C10H23NO2S. The number of sulfonamides is 1. The molecule has 4 heteroatoms. The molecule has 0 N–H and O–H groups in total. The van der Waals surface area contributed by atoms with Crippen LogP contribution in [0.3, 0.4) is 0 Å². The molecule has 0 saturated heterocycles. The van der Waals surface area contributed by atoms with Crippen LogP contribution in [0.2, 0.25) is 0 Å². The molecule has 0 spiro atoms. The third-order valence-electron chi connectivity index (χ3n) is 2.48. The third kappa shape index (κ3) is 4.42. The Balaban J connectivity index is 3.90. The van der Waals surface area contributed by atoms with Crippen molar-refractivity contribution in [3.05, 3.63) is 0 Å². The minimum atomic E-state index is -3.03. The van der Waals surface area contributed by atoms with Crippen LogP contribution < -0.4 is 0 Å². The van der Waals surface area contributed by atoms with E-state index in [-0.39, 0.29) is 5.25 Å². The Labute approximate surface area is 88.5 Å². The van der Waals surface area contributed by atoms with E-state index in [1.54, 1.807) is 21.0 Å². The van der Waals surface area contributed by atoms with E-state index in [1.165, 1.54) is 17.1 Å². The third-order valence-corrected chi connectivity index (χ3v) is 4.75. The van der Waals surface area contributed by atoms with Gasteiger partial charge in [-0.1, -0.05) is 32.6 Å². The fraction of sp³-hybridized carbons (Fsp3) is 1.00. The summed E-state index contributed by atoms with van der Waals surface area (Å²) < 4.78 is 24.6. The molecule has 0 aliphatic rings. The van der Waals surface area contributed by atoms with Gasteiger partial charge in [0.1, 0.15) is 0 Å². The monoisotopic (exact) mass is 221 g/mol. The highest BCUT2D eigenvalue weighted by Crippen LogP contribution is 2.13. The van der Waals surface area contributed by atoms with Crippen molar-refractivity contribution in [3.8, 4) is 0 Å². The highest BCUT2D eigenvalue weighted by Gasteiger charge is 2.22. The van der Waals surface area contributed by atoms with E-state index >= 15 is 0 Å². The average molecular weight is 221 g/mol. The molecular weight excluding hydrogens is 198 g/mol. The standard InChI is InChI=1S/C10H23NO2S/c1-5-6-7-8-9-10(2)14(12,13)11(3)4/h10H,5-9H2,1-4H3. The Morgan fingerprint density at radius 1 is 1.14 bits per heavy atom. The minimum absolute atomic E-state index is 0.241. The Morgan fingerprint density at radius 2 is 1.71 bits per heavy atom. The Bertz CT molecular complexity index is 235. The fourth-order valence-corrected chi connectivity index (χ4v) is 2.55. The molecule has 0 aromatic carbocycles. The zero-order chi connectivity index (χ0) is 11.2. The number of rotatable bonds is 7. The van der Waals surface area contributed by atoms with Crippen LogP contribution in [0.15, 0.2) is 0 Å². The van der Waals surface area contributed by atoms with Crippen LogP contribution in [0.5, 0.6) is 0 Å². The van der Waals surface area contributed by atoms with Crippen molar-refractivity contribution in [2.75, 3.05) is 14.1 Å². The molecule has 0 rings (SSSR count). The molecule has 0 amide bonds. The smallest absolute Gasteiger partial charge is 0.212 e. The van der Waals surface area contributed by atoms with E-state index in [9.17, 15) is 8.42 Å². The zero-order valence-corrected chi connectivity index (χ0v) is 10.6. The van der Waals surface area contributed by atoms with E-state index in [0.717, 1.165) is 19.3 Å². The Hall–Kier alpha value is -0.0900. The lowest BCUT2D eigenvalue weighted by Crippen LogP contribution is -2.31. The fourth-order valence-electron chi connectivity index (χ4n) is 1.37. The van der Waals surface area contributed by atoms with Crippen molar-refractivity contribution in [2.24, 2.45) is 0 Å². The number of hydrogen-bond acceptors (Lipinski definition) is 2. The summed E-state index contributed by atoms with van der Waals surface area (Å²) in [5.74, 6) is 0. The number of unbranched alkanes of at least 4 members (excludes halogenated alkanes) is 3. The highest BCUT2D eigenvalue weighted by atomic mass is 32.2. The molecule has 0 radical (unpaired) electrons. The molecule has 0 aromatic heterocycles. The molecule has 86 valence electrons. The maximum atomic E-state index is 11.6. The lowest BCUT2D eigenvalue weighted by Gasteiger charge is -2.17. The summed E-state index contributed by atoms with van der Waals surface area (Å²) in [6, 6.07) is 0. The van der Waals surface area contributed by atoms with Crippen molar-refractivity contribution in [1.29, 1.82) is 0 Å². The normalized spacial score (nSPS) is 14.6. The zero-order valence-electron chi connectivity index (χ0n) is 9.78. The topological polar surface area (TPSA) is 37.4 Å². The van der Waals surface area contributed by atoms with E-state index in [1.807, 2.05) is 0 Å². The summed E-state index contributed by atoms with van der Waals surface area (Å²) in [5, 5.41) is -0.241. The number of nitrogens with zero attached hydrogens (tertiary/aromatic N) is 1. The average Bonchev–Trinajstić information content (AvgIpc) is 2.11. The molecule has 0 saturated carbocycles. The maximum Gasteiger partial charge on any atom is 0.216 e. The first kappa shape index (κ1) is 13.9. The van der Waals surface area contributed by atoms with Gasteiger partial charge in [-0.2, -0.15) is 0 Å². The van der Waals surface area contributed by atoms with Gasteiger partial charge in [0, 0.05) is 14.1 Å². The van der Waals surface area contributed by atoms with Crippen LogP contribution in [-0.2, 0) is 10.0 Å². The second-order valence-corrected chi connectivity index (χ2v) is 6.55. The van der Waals surface area contributed by atoms with Crippen molar-refractivity contribution in [1.82, 2.24) is 4.31 Å². The van der Waals surface area contributed by atoms with Crippen LogP contribution in [0.25, 0.3) is 0 Å². The van der Waals surface area contributed by atoms with Crippen molar-refractivity contribution in [2.45, 2.75) is 51.2 Å². The van der Waals surface area contributed by atoms with Crippen molar-refractivity contribution in [3.63, 3.8) is 0 Å². The molecule has 1 atom stereocenters. The predicted octanol–water partition coefficient (Wildman–Crippen LogP) is 2.24. The predicted molar refractivity (Wildman–Crippen MR) is 60.8 cm³/mol. The first-order valence-corrected chi connectivity index (χ1v) is 6.84. The van der Waals surface area contributed by atoms with Crippen LogP contribution >= 0.6 is 0 Å². The van der Waals surface area contributed by atoms with Crippen LogP contribution in [0.1, 0.15) is 46.0 Å². The Morgan fingerprint density at radius 3 is 2.14 bits per heavy atom. The van der Waals surface area contributed by atoms with Crippen molar-refractivity contribution < 1.29 is 8.42 Å². The van der Waals surface area contributed by atoms with Gasteiger partial charge in [0.25, 0.3) is 0 Å². The van der Waals surface area contributed by atoms with Gasteiger partial charge in [-0.05, 0) is 13.3 Å². The summed E-state index contributed by atoms with van der Waals surface area (Å²) in [6.07, 6.45) is 5.33. The van der Waals surface area contributed by atoms with Gasteiger partial charge >= 0.3 is 0 Å². The molecule has 0 aliphatic carbocycles. The molecule has 0 aromatic rings. The summed E-state index contributed by atoms with van der Waals surface area (Å²) >= 11 is 0. The van der Waals surface area contributed by atoms with Gasteiger partial charge in [-0.3, -0.25) is 0 Å². The van der Waals surface area contributed by atoms with Gasteiger partial charge in [0.05, 0.1) is 5.25 Å². The second kappa shape index (κ2) is 6.40. The minimum Gasteiger partial charge on any atom is -0.212 e. The largest absolute Gasteiger partial charge is 0.216 e. The van der Waals surface area contributed by atoms with Crippen LogP contribution in [0, 0.1) is 0 Å². The van der Waals surface area contributed by atoms with Crippen LogP contribution in [0.4, 0.5) is 0 Å². The van der Waals surface area contributed by atoms with Gasteiger partial charge in [-0.15, -0.1) is 0 Å². The summed E-state index contributed by atoms with van der Waals surface area (Å²) in [7, 11) is 0.159. The first-order chi connectivity index (χ1) is 6.42. The molecule has 0 aliphatic heterocycles. The van der Waals surface area contributed by atoms with Gasteiger partial charge in [0.15, 0.2) is 0 Å². The van der Waals surface area contributed by atoms with Crippen molar-refractivity contribution >= 4 is 10.0 Å². The highest BCUT2D eigenvalue weighted by molar-refractivity contribution is 7.89. The molecule has 0 heterocycles. The van der Waals surface area contributed by atoms with E-state index in [2.05, 4.69) is 6.92 Å². The summed E-state index contributed by atoms with van der Waals surface area (Å²) in [6.45, 7) is 3.95. The van der Waals surface area contributed by atoms with E-state index in [4.69, 9.17) is 0 Å². The van der Waals surface area contributed by atoms with Gasteiger partial charge < -0.3 is 0 Å². The SMILES string of the molecule is CCCCCCC(C)S(=O)(=O)N(C)C. The van der Waals surface area contributed by atoms with E-state index < -0.39 is 10.0 Å². The van der Waals surface area contributed by atoms with Gasteiger partial charge in [0.2, 0.25) is 10.0 Å². The Kier molecular flexibility index (Phi) is 6.36. The number of hydrogen-bond donors (Lipinski definition) is 0. The lowest BCUT2D eigenvalue weighted by molar-refractivity contribution is 0.497. The molecule has 3 nitrogen and oxygen atoms in total. The van der Waals surface area contributed by atoms with Crippen LogP contribution in [-0.4, -0.2) is 32.1 Å². The quantitative estimate of drug-likeness (QED) is 0.618. The molecule has 1 unspecified atom stereocenters. The molecule has 0 bridgehead atoms. The second-order valence-electron chi connectivity index (χ2n) is 3.99. The first-order valence-electron chi connectivity index (χ1n) is 5.34. The maximum absolute atomic E-state index is 11.6. The molecule has 0 fully saturated rings. The molecule has 14 heavy (non-hydrogen) atoms. The summed E-state index contributed by atoms with van der Waals surface area (Å²) in [5.41, 5.74) is 0.